The molecule has 0 bridgehead atoms. The third-order valence-electron chi connectivity index (χ3n) is 7.33. The Bertz CT molecular complexity index is 1160. The molecule has 0 spiro atoms. The van der Waals surface area contributed by atoms with Crippen molar-refractivity contribution in [3.8, 4) is 0 Å². The topological polar surface area (TPSA) is 89.7 Å². The van der Waals surface area contributed by atoms with Gasteiger partial charge in [-0.05, 0) is 92.5 Å². The van der Waals surface area contributed by atoms with Crippen molar-refractivity contribution in [3.05, 3.63) is 68.4 Å². The van der Waals surface area contributed by atoms with E-state index < -0.39 is 22.8 Å². The van der Waals surface area contributed by atoms with Crippen LogP contribution in [0.4, 0.5) is 4.39 Å². The second-order valence-corrected chi connectivity index (χ2v) is 12.4. The van der Waals surface area contributed by atoms with Crippen LogP contribution in [0.15, 0.2) is 30.3 Å². The van der Waals surface area contributed by atoms with Crippen molar-refractivity contribution in [1.29, 1.82) is 0 Å². The average molecular weight is 570 g/mol. The number of amides is 1. The van der Waals surface area contributed by atoms with Crippen LogP contribution >= 0.6 is 23.2 Å². The number of carbonyl (C=O) groups is 1. The zero-order valence-electron chi connectivity index (χ0n) is 21.1. The van der Waals surface area contributed by atoms with E-state index in [1.165, 1.54) is 6.07 Å². The number of hydrogen-bond donors (Lipinski definition) is 1. The summed E-state index contributed by atoms with van der Waals surface area (Å²) in [4.78, 5) is 16.4. The molecule has 3 aliphatic rings. The van der Waals surface area contributed by atoms with Crippen molar-refractivity contribution < 1.29 is 17.9 Å². The van der Waals surface area contributed by atoms with Crippen LogP contribution in [0, 0.1) is 5.82 Å². The molecule has 0 aromatic heterocycles. The summed E-state index contributed by atoms with van der Waals surface area (Å²) in [7, 11) is 0. The van der Waals surface area contributed by atoms with E-state index in [-0.39, 0.29) is 16.9 Å². The molecule has 0 radical (unpaired) electrons. The van der Waals surface area contributed by atoms with Gasteiger partial charge in [0.2, 0.25) is 0 Å². The maximum absolute atomic E-state index is 14.5. The minimum Gasteiger partial charge on any atom is -0.772 e. The minimum atomic E-state index is -1.76. The molecular weight excluding hydrogens is 536 g/mol. The van der Waals surface area contributed by atoms with Gasteiger partial charge in [-0.2, -0.15) is 0 Å². The minimum absolute atomic E-state index is 0.00200. The molecular formula is C27H33Cl2FN3O3S-. The first-order valence-electron chi connectivity index (χ1n) is 12.7. The third-order valence-corrected chi connectivity index (χ3v) is 8.78. The lowest BCUT2D eigenvalue weighted by atomic mass is 9.98. The van der Waals surface area contributed by atoms with Crippen LogP contribution in [0.25, 0.3) is 0 Å². The molecule has 2 aromatic carbocycles. The van der Waals surface area contributed by atoms with E-state index in [1.807, 2.05) is 12.1 Å². The standard InChI is InChI=1S/C24H28Cl2FN3O.C3H6O2S/c1-14-12-29(5-6-30(14)15(2)17-7-19(25)10-20(26)8-17)13-18-9-23(27)22(24(28)31)11-21(18)16-3-4-16;4-6(5)3-1-2-3/h7-11,14-16H,3-6,12-13H2,1-2H3,(H2,28,31);3H,1-2H2,(H,4,5)/p-1/t14-,15+;/m1./s1. The van der Waals surface area contributed by atoms with Crippen molar-refractivity contribution in [2.45, 2.75) is 69.3 Å². The number of halogens is 3. The van der Waals surface area contributed by atoms with Crippen molar-refractivity contribution in [1.82, 2.24) is 9.80 Å². The van der Waals surface area contributed by atoms with Crippen molar-refractivity contribution >= 4 is 40.2 Å². The molecule has 2 N–H and O–H groups in total. The van der Waals surface area contributed by atoms with E-state index in [9.17, 15) is 17.9 Å². The number of nitrogens with zero attached hydrogens (tertiary/aromatic N) is 2. The maximum Gasteiger partial charge on any atom is 0.251 e. The van der Waals surface area contributed by atoms with Crippen molar-refractivity contribution in [2.75, 3.05) is 19.6 Å². The normalized spacial score (nSPS) is 22.2. The van der Waals surface area contributed by atoms with E-state index in [0.717, 1.165) is 62.0 Å². The second kappa shape index (κ2) is 12.1. The summed E-state index contributed by atoms with van der Waals surface area (Å²) in [5.41, 5.74) is 8.51. The molecule has 3 fully saturated rings. The van der Waals surface area contributed by atoms with Crippen LogP contribution in [0.2, 0.25) is 10.0 Å². The van der Waals surface area contributed by atoms with Crippen LogP contribution in [0.1, 0.15) is 78.5 Å². The molecule has 1 saturated heterocycles. The molecule has 1 aliphatic heterocycles. The number of hydrogen-bond acceptors (Lipinski definition) is 5. The Kier molecular flexibility index (Phi) is 9.30. The molecule has 37 heavy (non-hydrogen) atoms. The molecule has 5 rings (SSSR count). The van der Waals surface area contributed by atoms with E-state index in [0.29, 0.717) is 28.5 Å². The fourth-order valence-electron chi connectivity index (χ4n) is 5.01. The average Bonchev–Trinajstić information content (AvgIpc) is 3.72. The zero-order chi connectivity index (χ0) is 26.9. The van der Waals surface area contributed by atoms with Gasteiger partial charge in [-0.15, -0.1) is 0 Å². The summed E-state index contributed by atoms with van der Waals surface area (Å²) in [6.45, 7) is 7.73. The number of piperazine rings is 1. The highest BCUT2D eigenvalue weighted by molar-refractivity contribution is 7.80. The Morgan fingerprint density at radius 3 is 2.27 bits per heavy atom. The first-order valence-corrected chi connectivity index (χ1v) is 14.6. The second-order valence-electron chi connectivity index (χ2n) is 10.3. The summed E-state index contributed by atoms with van der Waals surface area (Å²) >= 11 is 10.6. The Morgan fingerprint density at radius 2 is 1.78 bits per heavy atom. The van der Waals surface area contributed by atoms with E-state index in [4.69, 9.17) is 28.9 Å². The van der Waals surface area contributed by atoms with Gasteiger partial charge < -0.3 is 10.3 Å². The zero-order valence-corrected chi connectivity index (χ0v) is 23.4. The highest BCUT2D eigenvalue weighted by Crippen LogP contribution is 2.43. The number of carbonyl (C=O) groups excluding carboxylic acids is 1. The van der Waals surface area contributed by atoms with E-state index >= 15 is 0 Å². The van der Waals surface area contributed by atoms with Gasteiger partial charge >= 0.3 is 0 Å². The van der Waals surface area contributed by atoms with Crippen LogP contribution in [-0.2, 0) is 17.6 Å². The first-order chi connectivity index (χ1) is 17.5. The predicted molar refractivity (Wildman–Crippen MR) is 145 cm³/mol. The molecule has 1 heterocycles. The lowest BCUT2D eigenvalue weighted by Gasteiger charge is -2.43. The molecule has 202 valence electrons. The Balaban J connectivity index is 0.000000469. The molecule has 1 unspecified atom stereocenters. The quantitative estimate of drug-likeness (QED) is 0.451. The number of nitrogens with two attached hydrogens (primary N) is 1. The molecule has 2 aromatic rings. The summed E-state index contributed by atoms with van der Waals surface area (Å²) < 4.78 is 34.0. The lowest BCUT2D eigenvalue weighted by molar-refractivity contribution is 0.0503. The van der Waals surface area contributed by atoms with Gasteiger partial charge in [-0.1, -0.05) is 34.3 Å². The lowest BCUT2D eigenvalue weighted by Crippen LogP contribution is -2.52. The van der Waals surface area contributed by atoms with Gasteiger partial charge in [0.1, 0.15) is 5.82 Å². The summed E-state index contributed by atoms with van der Waals surface area (Å²) in [5, 5.41) is 1.31. The number of rotatable bonds is 7. The molecule has 1 amide bonds. The van der Waals surface area contributed by atoms with Crippen molar-refractivity contribution in [3.63, 3.8) is 0 Å². The molecule has 2 aliphatic carbocycles. The molecule has 2 saturated carbocycles. The smallest absolute Gasteiger partial charge is 0.251 e. The van der Waals surface area contributed by atoms with Gasteiger partial charge in [0, 0.05) is 53.6 Å². The highest BCUT2D eigenvalue weighted by atomic mass is 35.5. The van der Waals surface area contributed by atoms with E-state index in [2.05, 4.69) is 23.6 Å². The molecule has 6 nitrogen and oxygen atoms in total. The van der Waals surface area contributed by atoms with Crippen LogP contribution in [0.5, 0.6) is 0 Å². The summed E-state index contributed by atoms with van der Waals surface area (Å²) in [6.07, 6.45) is 3.94. The fraction of sp³-hybridized carbons (Fsp3) is 0.519. The van der Waals surface area contributed by atoms with Crippen molar-refractivity contribution in [2.24, 2.45) is 5.73 Å². The third kappa shape index (κ3) is 7.52. The Hall–Kier alpha value is -1.55. The summed E-state index contributed by atoms with van der Waals surface area (Å²) in [5.74, 6) is -0.812. The number of primary amides is 1. The SMILES string of the molecule is C[C@@H]1CN(Cc2cc(F)c(C(N)=O)cc2C2CC2)CCN1[C@@H](C)c1cc(Cl)cc(Cl)c1.O=S([O-])C1CC1. The first kappa shape index (κ1) is 28.5. The van der Waals surface area contributed by atoms with Gasteiger partial charge in [0.25, 0.3) is 5.91 Å². The Morgan fingerprint density at radius 1 is 1.14 bits per heavy atom. The Labute approximate surface area is 230 Å². The molecule has 3 atom stereocenters. The van der Waals surface area contributed by atoms with Crippen LogP contribution < -0.4 is 5.73 Å². The van der Waals surface area contributed by atoms with Crippen LogP contribution in [-0.4, -0.2) is 55.4 Å². The van der Waals surface area contributed by atoms with Gasteiger partial charge in [-0.25, -0.2) is 4.39 Å². The summed E-state index contributed by atoms with van der Waals surface area (Å²) in [6, 6.07) is 9.41. The monoisotopic (exact) mass is 568 g/mol. The highest BCUT2D eigenvalue weighted by Gasteiger charge is 2.31. The molecule has 10 heteroatoms. The van der Waals surface area contributed by atoms with Crippen LogP contribution in [0.3, 0.4) is 0 Å². The van der Waals surface area contributed by atoms with Gasteiger partial charge in [-0.3, -0.25) is 18.8 Å². The number of benzene rings is 2. The fourth-order valence-corrected chi connectivity index (χ4v) is 6.07. The largest absolute Gasteiger partial charge is 0.772 e. The van der Waals surface area contributed by atoms with Gasteiger partial charge in [0.05, 0.1) is 5.56 Å². The van der Waals surface area contributed by atoms with E-state index in [1.54, 1.807) is 12.1 Å². The maximum atomic E-state index is 14.5. The predicted octanol–water partition coefficient (Wildman–Crippen LogP) is 5.40. The van der Waals surface area contributed by atoms with Gasteiger partial charge in [0.15, 0.2) is 0 Å².